The maximum atomic E-state index is 13.3. The van der Waals surface area contributed by atoms with Crippen molar-refractivity contribution in [2.24, 2.45) is 7.05 Å². The highest BCUT2D eigenvalue weighted by Gasteiger charge is 2.41. The number of carbonyl (C=O) groups excluding carboxylic acids is 1. The van der Waals surface area contributed by atoms with Crippen LogP contribution in [0.2, 0.25) is 0 Å². The van der Waals surface area contributed by atoms with Crippen molar-refractivity contribution in [2.75, 3.05) is 7.11 Å². The SMILES string of the molecule is COc1cc2c(cc1-c1nnn(C)n1)-c1c(-c3nncs3)cc(C(=O)N[C@](C)(C#N)CC(F)(F)F)n1CC2. The Balaban J connectivity index is 1.66. The van der Waals surface area contributed by atoms with Gasteiger partial charge >= 0.3 is 6.18 Å². The Morgan fingerprint density at radius 1 is 1.24 bits per heavy atom. The van der Waals surface area contributed by atoms with Gasteiger partial charge in [-0.15, -0.1) is 20.4 Å². The Kier molecular flexibility index (Phi) is 6.14. The van der Waals surface area contributed by atoms with Crippen molar-refractivity contribution >= 4 is 17.2 Å². The average Bonchev–Trinajstić information content (AvgIpc) is 3.61. The second-order valence-electron chi connectivity index (χ2n) is 8.94. The largest absolute Gasteiger partial charge is 0.496 e. The van der Waals surface area contributed by atoms with Crippen LogP contribution in [0.15, 0.2) is 23.7 Å². The number of hydrogen-bond donors (Lipinski definition) is 1. The van der Waals surface area contributed by atoms with Crippen molar-refractivity contribution in [2.45, 2.75) is 38.0 Å². The van der Waals surface area contributed by atoms with Gasteiger partial charge in [0.25, 0.3) is 5.91 Å². The fourth-order valence-electron chi connectivity index (χ4n) is 4.56. The van der Waals surface area contributed by atoms with Crippen LogP contribution in [0.25, 0.3) is 33.2 Å². The highest BCUT2D eigenvalue weighted by Crippen LogP contribution is 2.44. The number of ether oxygens (including phenoxy) is 1. The molecule has 1 aliphatic rings. The van der Waals surface area contributed by atoms with Crippen molar-refractivity contribution in [3.63, 3.8) is 0 Å². The zero-order chi connectivity index (χ0) is 27.2. The van der Waals surface area contributed by atoms with Gasteiger partial charge < -0.3 is 14.6 Å². The molecule has 1 aromatic carbocycles. The van der Waals surface area contributed by atoms with E-state index in [1.807, 2.05) is 12.1 Å². The van der Waals surface area contributed by atoms with E-state index < -0.39 is 24.0 Å². The van der Waals surface area contributed by atoms with E-state index in [1.165, 1.54) is 23.2 Å². The molecule has 0 unspecified atom stereocenters. The summed E-state index contributed by atoms with van der Waals surface area (Å²) < 4.78 is 46.6. The summed E-state index contributed by atoms with van der Waals surface area (Å²) in [5, 5.41) is 32.6. The molecule has 1 atom stereocenters. The first-order chi connectivity index (χ1) is 18.0. The zero-order valence-electron chi connectivity index (χ0n) is 20.4. The molecule has 0 bridgehead atoms. The van der Waals surface area contributed by atoms with E-state index in [0.29, 0.717) is 46.4 Å². The van der Waals surface area contributed by atoms with Crippen LogP contribution in [0.4, 0.5) is 13.2 Å². The predicted octanol–water partition coefficient (Wildman–Crippen LogP) is 3.39. The molecule has 0 saturated carbocycles. The van der Waals surface area contributed by atoms with Crippen LogP contribution in [-0.4, -0.2) is 59.7 Å². The van der Waals surface area contributed by atoms with Crippen molar-refractivity contribution in [3.05, 3.63) is 35.0 Å². The van der Waals surface area contributed by atoms with Gasteiger partial charge in [-0.25, -0.2) is 0 Å². The average molecular weight is 544 g/mol. The van der Waals surface area contributed by atoms with Gasteiger partial charge in [-0.1, -0.05) is 11.3 Å². The Hall–Kier alpha value is -4.32. The number of fused-ring (bicyclic) bond motifs is 3. The van der Waals surface area contributed by atoms with Crippen LogP contribution in [0.5, 0.6) is 5.75 Å². The van der Waals surface area contributed by atoms with E-state index in [0.717, 1.165) is 18.1 Å². The monoisotopic (exact) mass is 543 g/mol. The molecule has 196 valence electrons. The molecule has 0 aliphatic carbocycles. The molecule has 1 aliphatic heterocycles. The fourth-order valence-corrected chi connectivity index (χ4v) is 5.13. The van der Waals surface area contributed by atoms with Gasteiger partial charge in [0.15, 0.2) is 0 Å². The number of hydrogen-bond acceptors (Lipinski definition) is 9. The van der Waals surface area contributed by atoms with Gasteiger partial charge in [0.1, 0.15) is 27.5 Å². The van der Waals surface area contributed by atoms with Crippen molar-refractivity contribution in [1.82, 2.24) is 40.3 Å². The summed E-state index contributed by atoms with van der Waals surface area (Å²) >= 11 is 1.25. The molecular weight excluding hydrogens is 523 g/mol. The summed E-state index contributed by atoms with van der Waals surface area (Å²) in [6.45, 7) is 1.41. The minimum Gasteiger partial charge on any atom is -0.496 e. The van der Waals surface area contributed by atoms with Gasteiger partial charge in [-0.05, 0) is 42.3 Å². The first-order valence-corrected chi connectivity index (χ1v) is 12.2. The molecule has 3 aromatic heterocycles. The Morgan fingerprint density at radius 2 is 2.03 bits per heavy atom. The lowest BCUT2D eigenvalue weighted by Crippen LogP contribution is -2.48. The number of benzene rings is 1. The fraction of sp³-hybridized carbons (Fsp3) is 0.348. The molecule has 1 N–H and O–H groups in total. The number of nitriles is 1. The van der Waals surface area contributed by atoms with E-state index in [2.05, 4.69) is 30.9 Å². The Morgan fingerprint density at radius 3 is 2.63 bits per heavy atom. The highest BCUT2D eigenvalue weighted by atomic mass is 32.1. The number of nitrogens with one attached hydrogen (secondary N) is 1. The number of halogens is 3. The van der Waals surface area contributed by atoms with Gasteiger partial charge in [-0.2, -0.15) is 23.2 Å². The summed E-state index contributed by atoms with van der Waals surface area (Å²) in [6.07, 6.45) is -5.62. The van der Waals surface area contributed by atoms with E-state index >= 15 is 0 Å². The second-order valence-corrected chi connectivity index (χ2v) is 9.77. The van der Waals surface area contributed by atoms with Gasteiger partial charge in [0.2, 0.25) is 5.82 Å². The lowest BCUT2D eigenvalue weighted by molar-refractivity contribution is -0.143. The Labute approximate surface area is 217 Å². The number of aryl methyl sites for hydroxylation is 2. The summed E-state index contributed by atoms with van der Waals surface area (Å²) in [7, 11) is 3.17. The summed E-state index contributed by atoms with van der Waals surface area (Å²) in [4.78, 5) is 14.6. The normalized spacial score (nSPS) is 14.2. The topological polar surface area (TPSA) is 136 Å². The number of nitrogens with zero attached hydrogens (tertiary/aromatic N) is 8. The molecule has 15 heteroatoms. The zero-order valence-corrected chi connectivity index (χ0v) is 21.2. The maximum Gasteiger partial charge on any atom is 0.392 e. The van der Waals surface area contributed by atoms with E-state index in [9.17, 15) is 23.2 Å². The molecule has 0 radical (unpaired) electrons. The highest BCUT2D eigenvalue weighted by molar-refractivity contribution is 7.12. The number of aromatic nitrogens is 7. The number of alkyl halides is 3. The number of carbonyl (C=O) groups is 1. The third-order valence-corrected chi connectivity index (χ3v) is 6.87. The molecule has 38 heavy (non-hydrogen) atoms. The van der Waals surface area contributed by atoms with E-state index in [1.54, 1.807) is 29.3 Å². The smallest absolute Gasteiger partial charge is 0.392 e. The molecule has 0 spiro atoms. The first-order valence-electron chi connectivity index (χ1n) is 11.3. The molecule has 4 aromatic rings. The van der Waals surface area contributed by atoms with Crippen LogP contribution in [0.1, 0.15) is 29.4 Å². The van der Waals surface area contributed by atoms with Crippen LogP contribution >= 0.6 is 11.3 Å². The third-order valence-electron chi connectivity index (χ3n) is 6.14. The molecule has 0 fully saturated rings. The van der Waals surface area contributed by atoms with Crippen molar-refractivity contribution < 1.29 is 22.7 Å². The van der Waals surface area contributed by atoms with Crippen molar-refractivity contribution in [3.8, 4) is 45.0 Å². The van der Waals surface area contributed by atoms with E-state index in [4.69, 9.17) is 4.74 Å². The molecule has 0 saturated heterocycles. The summed E-state index contributed by atoms with van der Waals surface area (Å²) in [6, 6.07) is 6.87. The number of methoxy groups -OCH3 is 1. The van der Waals surface area contributed by atoms with Gasteiger partial charge in [0.05, 0.1) is 37.9 Å². The second kappa shape index (κ2) is 9.21. The number of rotatable bonds is 6. The lowest BCUT2D eigenvalue weighted by Gasteiger charge is -2.26. The quantitative estimate of drug-likeness (QED) is 0.391. The number of amides is 1. The summed E-state index contributed by atoms with van der Waals surface area (Å²) in [5.74, 6) is 0.0791. The minimum absolute atomic E-state index is 0.106. The molecule has 5 rings (SSSR count). The maximum absolute atomic E-state index is 13.3. The van der Waals surface area contributed by atoms with Gasteiger partial charge in [-0.3, -0.25) is 4.79 Å². The summed E-state index contributed by atoms with van der Waals surface area (Å²) in [5.41, 5.74) is 2.97. The lowest BCUT2D eigenvalue weighted by atomic mass is 9.93. The first kappa shape index (κ1) is 25.3. The molecule has 1 amide bonds. The molecular formula is C23H20F3N9O2S. The Bertz CT molecular complexity index is 1570. The predicted molar refractivity (Wildman–Crippen MR) is 129 cm³/mol. The standard InChI is InChI=1S/C23H20F3N9O2S/c1-22(10-27,9-23(24,25)26)29-20(36)16-8-15(21-31-28-11-38-21)18-13-7-14(19-30-33-34(2)32-19)17(37-3)6-12(13)4-5-35(16)18/h6-8,11H,4-5,9H2,1-3H3,(H,29,36)/t22-/m0/s1. The van der Waals surface area contributed by atoms with Crippen molar-refractivity contribution in [1.29, 1.82) is 5.26 Å². The molecule has 11 nitrogen and oxygen atoms in total. The number of tetrazole rings is 1. The third kappa shape index (κ3) is 4.58. The minimum atomic E-state index is -4.64. The van der Waals surface area contributed by atoms with Crippen LogP contribution < -0.4 is 10.1 Å². The van der Waals surface area contributed by atoms with Crippen LogP contribution in [-0.2, 0) is 20.0 Å². The van der Waals surface area contributed by atoms with Crippen LogP contribution in [0, 0.1) is 11.3 Å². The molecule has 4 heterocycles. The van der Waals surface area contributed by atoms with E-state index in [-0.39, 0.29) is 5.69 Å². The van der Waals surface area contributed by atoms with Crippen LogP contribution in [0.3, 0.4) is 0 Å². The van der Waals surface area contributed by atoms with Gasteiger partial charge in [0, 0.05) is 17.7 Å².